The second kappa shape index (κ2) is 10.9. The van der Waals surface area contributed by atoms with Crippen LogP contribution < -0.4 is 10.6 Å². The molecule has 1 saturated carbocycles. The second-order valence-electron chi connectivity index (χ2n) is 8.22. The number of para-hydroxylation sites is 1. The van der Waals surface area contributed by atoms with Crippen molar-refractivity contribution in [3.63, 3.8) is 0 Å². The Morgan fingerprint density at radius 1 is 1.06 bits per heavy atom. The topological polar surface area (TPSA) is 89.5 Å². The first-order valence-corrected chi connectivity index (χ1v) is 12.2. The van der Waals surface area contributed by atoms with Gasteiger partial charge in [0.25, 0.3) is 0 Å². The summed E-state index contributed by atoms with van der Waals surface area (Å²) >= 11 is 1.39. The Morgan fingerprint density at radius 3 is 2.55 bits per heavy atom. The molecule has 8 nitrogen and oxygen atoms in total. The molecule has 0 unspecified atom stereocenters. The fourth-order valence-electron chi connectivity index (χ4n) is 4.27. The molecule has 2 aliphatic rings. The molecule has 1 amide bonds. The van der Waals surface area contributed by atoms with Gasteiger partial charge in [-0.3, -0.25) is 9.69 Å². The van der Waals surface area contributed by atoms with Crippen molar-refractivity contribution >= 4 is 17.7 Å². The quantitative estimate of drug-likeness (QED) is 0.494. The van der Waals surface area contributed by atoms with Crippen molar-refractivity contribution in [2.75, 3.05) is 50.9 Å². The zero-order chi connectivity index (χ0) is 21.5. The normalized spacial score (nSPS) is 18.3. The highest BCUT2D eigenvalue weighted by atomic mass is 32.2. The Balaban J connectivity index is 1.17. The zero-order valence-corrected chi connectivity index (χ0v) is 18.8. The number of thioether (sulfide) groups is 1. The maximum atomic E-state index is 12.7. The van der Waals surface area contributed by atoms with Crippen molar-refractivity contribution in [1.82, 2.24) is 24.7 Å². The van der Waals surface area contributed by atoms with Gasteiger partial charge in [-0.15, -0.1) is 10.2 Å². The molecule has 0 bridgehead atoms. The van der Waals surface area contributed by atoms with Gasteiger partial charge in [-0.25, -0.2) is 4.68 Å². The zero-order valence-electron chi connectivity index (χ0n) is 18.0. The summed E-state index contributed by atoms with van der Waals surface area (Å²) in [5.74, 6) is 8.87. The van der Waals surface area contributed by atoms with E-state index >= 15 is 0 Å². The molecule has 0 spiro atoms. The summed E-state index contributed by atoms with van der Waals surface area (Å²) in [4.78, 5) is 16.9. The van der Waals surface area contributed by atoms with Crippen molar-refractivity contribution in [2.24, 2.45) is 0 Å². The number of nitrogens with zero attached hydrogens (tertiary/aromatic N) is 5. The number of hydrogen-bond donors (Lipinski definition) is 1. The fraction of sp³-hybridized carbons (Fsp3) is 0.591. The van der Waals surface area contributed by atoms with Crippen molar-refractivity contribution in [1.29, 1.82) is 0 Å². The maximum absolute atomic E-state index is 12.7. The third-order valence-corrected chi connectivity index (χ3v) is 7.06. The lowest BCUT2D eigenvalue weighted by molar-refractivity contribution is -0.130. The lowest BCUT2D eigenvalue weighted by atomic mass is 9.89. The monoisotopic (exact) mass is 444 g/mol. The number of nitrogen functional groups attached to an aromatic ring is 1. The standard InChI is InChI=1S/C22H32N6O2S/c23-28-21(18-7-3-1-4-8-18)24-25-22(28)31-17-20(29)27-13-11-26(12-14-27)15-16-30-19-9-5-2-6-10-19/h2,5-6,9-10,18H,1,3-4,7-8,11-17,23H2. The fourth-order valence-corrected chi connectivity index (χ4v) is 5.04. The first-order chi connectivity index (χ1) is 15.2. The van der Waals surface area contributed by atoms with Gasteiger partial charge in [-0.1, -0.05) is 49.2 Å². The Labute approximate surface area is 188 Å². The van der Waals surface area contributed by atoms with Gasteiger partial charge >= 0.3 is 0 Å². The number of ether oxygens (including phenoxy) is 1. The van der Waals surface area contributed by atoms with E-state index in [-0.39, 0.29) is 5.91 Å². The molecule has 2 heterocycles. The summed E-state index contributed by atoms with van der Waals surface area (Å²) in [6, 6.07) is 9.86. The van der Waals surface area contributed by atoms with E-state index in [9.17, 15) is 4.79 Å². The SMILES string of the molecule is Nn1c(SCC(=O)N2CCN(CCOc3ccccc3)CC2)nnc1C1CCCCC1. The number of hydrogen-bond acceptors (Lipinski definition) is 7. The Bertz CT molecular complexity index is 832. The molecule has 0 atom stereocenters. The molecule has 2 fully saturated rings. The summed E-state index contributed by atoms with van der Waals surface area (Å²) in [5.41, 5.74) is 0. The minimum Gasteiger partial charge on any atom is -0.492 e. The van der Waals surface area contributed by atoms with Crippen LogP contribution in [0, 0.1) is 0 Å². The molecule has 1 aliphatic carbocycles. The van der Waals surface area contributed by atoms with Crippen LogP contribution in [0.1, 0.15) is 43.8 Å². The highest BCUT2D eigenvalue weighted by Crippen LogP contribution is 2.32. The first kappa shape index (κ1) is 22.0. The minimum atomic E-state index is 0.132. The molecule has 9 heteroatoms. The molecule has 1 aromatic carbocycles. The number of amides is 1. The van der Waals surface area contributed by atoms with Crippen LogP contribution in [-0.2, 0) is 4.79 Å². The third-order valence-electron chi connectivity index (χ3n) is 6.13. The van der Waals surface area contributed by atoms with E-state index in [1.54, 1.807) is 4.68 Å². The molecule has 31 heavy (non-hydrogen) atoms. The third kappa shape index (κ3) is 5.92. The van der Waals surface area contributed by atoms with Gasteiger partial charge in [-0.2, -0.15) is 0 Å². The van der Waals surface area contributed by atoms with Gasteiger partial charge < -0.3 is 15.5 Å². The summed E-state index contributed by atoms with van der Waals surface area (Å²) in [7, 11) is 0. The molecule has 2 N–H and O–H groups in total. The van der Waals surface area contributed by atoms with Crippen LogP contribution in [0.25, 0.3) is 0 Å². The van der Waals surface area contributed by atoms with Crippen molar-refractivity contribution in [2.45, 2.75) is 43.2 Å². The summed E-state index contributed by atoms with van der Waals surface area (Å²) < 4.78 is 7.37. The minimum absolute atomic E-state index is 0.132. The highest BCUT2D eigenvalue weighted by molar-refractivity contribution is 7.99. The van der Waals surface area contributed by atoms with Crippen LogP contribution in [0.4, 0.5) is 0 Å². The predicted octanol–water partition coefficient (Wildman–Crippen LogP) is 2.35. The number of carbonyl (C=O) groups excluding carboxylic acids is 1. The smallest absolute Gasteiger partial charge is 0.233 e. The van der Waals surface area contributed by atoms with Gasteiger partial charge in [0.2, 0.25) is 11.1 Å². The van der Waals surface area contributed by atoms with Crippen LogP contribution in [-0.4, -0.2) is 75.7 Å². The lowest BCUT2D eigenvalue weighted by Gasteiger charge is -2.34. The Hall–Kier alpha value is -2.26. The Kier molecular flexibility index (Phi) is 7.69. The number of piperazine rings is 1. The molecule has 1 saturated heterocycles. The van der Waals surface area contributed by atoms with Crippen LogP contribution in [0.5, 0.6) is 5.75 Å². The predicted molar refractivity (Wildman–Crippen MR) is 122 cm³/mol. The van der Waals surface area contributed by atoms with Crippen LogP contribution >= 0.6 is 11.8 Å². The number of nitrogens with two attached hydrogens (primary N) is 1. The second-order valence-corrected chi connectivity index (χ2v) is 9.16. The number of benzene rings is 1. The van der Waals surface area contributed by atoms with Gasteiger partial charge in [0.1, 0.15) is 12.4 Å². The number of rotatable bonds is 8. The largest absolute Gasteiger partial charge is 0.492 e. The molecule has 4 rings (SSSR count). The van der Waals surface area contributed by atoms with E-state index in [0.717, 1.165) is 57.1 Å². The maximum Gasteiger partial charge on any atom is 0.233 e. The van der Waals surface area contributed by atoms with Gasteiger partial charge in [-0.05, 0) is 25.0 Å². The van der Waals surface area contributed by atoms with E-state index in [1.807, 2.05) is 35.2 Å². The molecule has 2 aromatic rings. The van der Waals surface area contributed by atoms with E-state index in [0.29, 0.717) is 23.4 Å². The van der Waals surface area contributed by atoms with Gasteiger partial charge in [0.15, 0.2) is 5.82 Å². The lowest BCUT2D eigenvalue weighted by Crippen LogP contribution is -2.50. The molecule has 168 valence electrons. The van der Waals surface area contributed by atoms with Crippen LogP contribution in [0.15, 0.2) is 35.5 Å². The van der Waals surface area contributed by atoms with Crippen molar-refractivity contribution in [3.05, 3.63) is 36.2 Å². The van der Waals surface area contributed by atoms with Gasteiger partial charge in [0, 0.05) is 38.6 Å². The van der Waals surface area contributed by atoms with E-state index < -0.39 is 0 Å². The number of aromatic nitrogens is 3. The molecular formula is C22H32N6O2S. The number of carbonyl (C=O) groups is 1. The summed E-state index contributed by atoms with van der Waals surface area (Å²) in [5, 5.41) is 9.18. The van der Waals surface area contributed by atoms with Crippen LogP contribution in [0.2, 0.25) is 0 Å². The summed E-state index contributed by atoms with van der Waals surface area (Å²) in [6.07, 6.45) is 5.99. The first-order valence-electron chi connectivity index (χ1n) is 11.2. The van der Waals surface area contributed by atoms with Gasteiger partial charge in [0.05, 0.1) is 5.75 Å². The van der Waals surface area contributed by atoms with E-state index in [1.165, 1.54) is 31.0 Å². The molecular weight excluding hydrogens is 412 g/mol. The summed E-state index contributed by atoms with van der Waals surface area (Å²) in [6.45, 7) is 4.75. The Morgan fingerprint density at radius 2 is 1.81 bits per heavy atom. The average molecular weight is 445 g/mol. The highest BCUT2D eigenvalue weighted by Gasteiger charge is 2.24. The van der Waals surface area contributed by atoms with Crippen LogP contribution in [0.3, 0.4) is 0 Å². The molecule has 1 aromatic heterocycles. The van der Waals surface area contributed by atoms with Crippen molar-refractivity contribution in [3.8, 4) is 5.75 Å². The van der Waals surface area contributed by atoms with E-state index in [2.05, 4.69) is 15.1 Å². The molecule has 1 aliphatic heterocycles. The van der Waals surface area contributed by atoms with E-state index in [4.69, 9.17) is 10.6 Å². The van der Waals surface area contributed by atoms with Crippen molar-refractivity contribution < 1.29 is 9.53 Å². The molecule has 0 radical (unpaired) electrons. The average Bonchev–Trinajstić information content (AvgIpc) is 3.19.